The first-order chi connectivity index (χ1) is 14.0. The molecule has 0 spiro atoms. The molecule has 0 fully saturated rings. The third kappa shape index (κ3) is 5.81. The highest BCUT2D eigenvalue weighted by Crippen LogP contribution is 2.20. The van der Waals surface area contributed by atoms with E-state index in [0.717, 1.165) is 11.3 Å². The van der Waals surface area contributed by atoms with Gasteiger partial charge in [0.1, 0.15) is 24.2 Å². The van der Waals surface area contributed by atoms with Crippen LogP contribution in [-0.4, -0.2) is 11.9 Å². The lowest BCUT2D eigenvalue weighted by Gasteiger charge is -2.16. The van der Waals surface area contributed by atoms with Crippen molar-refractivity contribution in [1.82, 2.24) is 0 Å². The second-order valence-electron chi connectivity index (χ2n) is 6.49. The molecule has 1 unspecified atom stereocenters. The summed E-state index contributed by atoms with van der Waals surface area (Å²) in [5, 5.41) is 14.7. The van der Waals surface area contributed by atoms with Gasteiger partial charge in [0.05, 0.1) is 11.6 Å². The topological polar surface area (TPSA) is 74.1 Å². The Labute approximate surface area is 168 Å². The third-order valence-corrected chi connectivity index (χ3v) is 4.16. The molecule has 0 bridgehead atoms. The van der Waals surface area contributed by atoms with E-state index < -0.39 is 11.9 Å². The second-order valence-corrected chi connectivity index (χ2v) is 6.49. The summed E-state index contributed by atoms with van der Waals surface area (Å²) in [4.78, 5) is 12.3. The van der Waals surface area contributed by atoms with Gasteiger partial charge in [-0.2, -0.15) is 5.26 Å². The minimum Gasteiger partial charge on any atom is -0.489 e. The monoisotopic (exact) mass is 389 g/mol. The fourth-order valence-corrected chi connectivity index (χ4v) is 2.71. The Bertz CT molecular complexity index is 1050. The molecule has 146 valence electrons. The van der Waals surface area contributed by atoms with Crippen LogP contribution in [0.25, 0.3) is 0 Å². The van der Waals surface area contributed by atoms with Crippen molar-refractivity contribution < 1.29 is 13.9 Å². The quantitative estimate of drug-likeness (QED) is 0.613. The number of benzene rings is 3. The summed E-state index contributed by atoms with van der Waals surface area (Å²) in [7, 11) is 0. The number of amides is 1. The normalized spacial score (nSPS) is 11.2. The molecule has 0 aromatic heterocycles. The van der Waals surface area contributed by atoms with Gasteiger partial charge < -0.3 is 15.4 Å². The predicted molar refractivity (Wildman–Crippen MR) is 110 cm³/mol. The highest BCUT2D eigenvalue weighted by atomic mass is 19.1. The summed E-state index contributed by atoms with van der Waals surface area (Å²) in [6.07, 6.45) is 0. The first-order valence-electron chi connectivity index (χ1n) is 9.08. The van der Waals surface area contributed by atoms with Gasteiger partial charge in [0.15, 0.2) is 0 Å². The van der Waals surface area contributed by atoms with Crippen LogP contribution in [-0.2, 0) is 11.4 Å². The summed E-state index contributed by atoms with van der Waals surface area (Å²) in [5.41, 5.74) is 2.60. The molecule has 0 aliphatic heterocycles. The summed E-state index contributed by atoms with van der Waals surface area (Å²) in [6, 6.07) is 21.8. The maximum absolute atomic E-state index is 13.3. The largest absolute Gasteiger partial charge is 0.489 e. The smallest absolute Gasteiger partial charge is 0.246 e. The van der Waals surface area contributed by atoms with Crippen LogP contribution in [0.2, 0.25) is 0 Å². The van der Waals surface area contributed by atoms with Crippen molar-refractivity contribution >= 4 is 17.3 Å². The van der Waals surface area contributed by atoms with Crippen molar-refractivity contribution in [2.45, 2.75) is 19.6 Å². The van der Waals surface area contributed by atoms with Crippen LogP contribution in [0.1, 0.15) is 18.1 Å². The van der Waals surface area contributed by atoms with Crippen molar-refractivity contribution in [2.24, 2.45) is 0 Å². The first-order valence-corrected chi connectivity index (χ1v) is 9.08. The van der Waals surface area contributed by atoms with Gasteiger partial charge in [-0.1, -0.05) is 24.3 Å². The minimum atomic E-state index is -0.541. The molecule has 3 aromatic carbocycles. The molecule has 0 saturated heterocycles. The van der Waals surface area contributed by atoms with Crippen molar-refractivity contribution in [3.63, 3.8) is 0 Å². The van der Waals surface area contributed by atoms with Crippen LogP contribution in [0, 0.1) is 17.1 Å². The molecule has 0 aliphatic rings. The van der Waals surface area contributed by atoms with E-state index in [4.69, 9.17) is 10.00 Å². The van der Waals surface area contributed by atoms with Crippen molar-refractivity contribution in [3.8, 4) is 11.8 Å². The zero-order valence-electron chi connectivity index (χ0n) is 15.9. The average molecular weight is 389 g/mol. The Hall–Kier alpha value is -3.85. The Kier molecular flexibility index (Phi) is 6.43. The van der Waals surface area contributed by atoms with Gasteiger partial charge in [0.25, 0.3) is 0 Å². The SMILES string of the molecule is CC(Nc1cccc(OCc2cccc(C#N)c2)c1)C(=O)Nc1cccc(F)c1. The highest BCUT2D eigenvalue weighted by Gasteiger charge is 2.13. The fourth-order valence-electron chi connectivity index (χ4n) is 2.71. The van der Waals surface area contributed by atoms with Crippen LogP contribution in [0.4, 0.5) is 15.8 Å². The number of anilines is 2. The molecule has 0 heterocycles. The molecule has 6 heteroatoms. The maximum Gasteiger partial charge on any atom is 0.246 e. The summed E-state index contributed by atoms with van der Waals surface area (Å²) < 4.78 is 19.0. The molecule has 0 saturated carbocycles. The lowest BCUT2D eigenvalue weighted by atomic mass is 10.1. The van der Waals surface area contributed by atoms with E-state index in [9.17, 15) is 9.18 Å². The Morgan fingerprint density at radius 2 is 1.83 bits per heavy atom. The number of nitrogens with zero attached hydrogens (tertiary/aromatic N) is 1. The molecule has 2 N–H and O–H groups in total. The zero-order chi connectivity index (χ0) is 20.6. The number of rotatable bonds is 7. The number of ether oxygens (including phenoxy) is 1. The molecule has 1 atom stereocenters. The molecule has 1 amide bonds. The fraction of sp³-hybridized carbons (Fsp3) is 0.130. The Morgan fingerprint density at radius 3 is 2.62 bits per heavy atom. The van der Waals surface area contributed by atoms with E-state index in [1.807, 2.05) is 30.3 Å². The van der Waals surface area contributed by atoms with Crippen molar-refractivity contribution in [3.05, 3.63) is 89.7 Å². The minimum absolute atomic E-state index is 0.282. The van der Waals surface area contributed by atoms with Crippen LogP contribution in [0.5, 0.6) is 5.75 Å². The standard InChI is InChI=1S/C23H20FN3O2/c1-16(23(28)27-20-8-3-7-19(24)12-20)26-21-9-4-10-22(13-21)29-15-18-6-2-5-17(11-18)14-25/h2-13,16,26H,15H2,1H3,(H,27,28). The van der Waals surface area contributed by atoms with Crippen LogP contribution < -0.4 is 15.4 Å². The molecule has 5 nitrogen and oxygen atoms in total. The lowest BCUT2D eigenvalue weighted by molar-refractivity contribution is -0.116. The van der Waals surface area contributed by atoms with E-state index in [1.54, 1.807) is 31.2 Å². The molecule has 0 radical (unpaired) electrons. The van der Waals surface area contributed by atoms with Crippen molar-refractivity contribution in [1.29, 1.82) is 5.26 Å². The second kappa shape index (κ2) is 9.38. The molecular weight excluding hydrogens is 369 g/mol. The predicted octanol–water partition coefficient (Wildman–Crippen LogP) is 4.72. The Morgan fingerprint density at radius 1 is 1.07 bits per heavy atom. The van der Waals surface area contributed by atoms with Crippen molar-refractivity contribution in [2.75, 3.05) is 10.6 Å². The van der Waals surface area contributed by atoms with Crippen LogP contribution >= 0.6 is 0 Å². The number of nitrogens with one attached hydrogen (secondary N) is 2. The van der Waals surface area contributed by atoms with Gasteiger partial charge in [0.2, 0.25) is 5.91 Å². The first kappa shape index (κ1) is 19.9. The van der Waals surface area contributed by atoms with E-state index in [1.165, 1.54) is 18.2 Å². The number of halogens is 1. The van der Waals surface area contributed by atoms with E-state index in [2.05, 4.69) is 16.7 Å². The van der Waals surface area contributed by atoms with Crippen LogP contribution in [0.15, 0.2) is 72.8 Å². The number of nitriles is 1. The van der Waals surface area contributed by atoms with Gasteiger partial charge in [0, 0.05) is 17.4 Å². The van der Waals surface area contributed by atoms with Crippen LogP contribution in [0.3, 0.4) is 0 Å². The molecule has 3 aromatic rings. The maximum atomic E-state index is 13.3. The average Bonchev–Trinajstić information content (AvgIpc) is 2.72. The van der Waals surface area contributed by atoms with E-state index in [0.29, 0.717) is 23.6 Å². The van der Waals surface area contributed by atoms with E-state index >= 15 is 0 Å². The zero-order valence-corrected chi connectivity index (χ0v) is 15.9. The third-order valence-electron chi connectivity index (χ3n) is 4.16. The van der Waals surface area contributed by atoms with Gasteiger partial charge in [-0.25, -0.2) is 4.39 Å². The lowest BCUT2D eigenvalue weighted by Crippen LogP contribution is -2.31. The number of hydrogen-bond acceptors (Lipinski definition) is 4. The molecule has 3 rings (SSSR count). The number of carbonyl (C=O) groups is 1. The molecule has 0 aliphatic carbocycles. The highest BCUT2D eigenvalue weighted by molar-refractivity contribution is 5.96. The van der Waals surface area contributed by atoms with E-state index in [-0.39, 0.29) is 5.91 Å². The van der Waals surface area contributed by atoms with Gasteiger partial charge in [-0.05, 0) is 55.0 Å². The summed E-state index contributed by atoms with van der Waals surface area (Å²) in [5.74, 6) is -0.0566. The van der Waals surface area contributed by atoms with Gasteiger partial charge in [-0.3, -0.25) is 4.79 Å². The number of carbonyl (C=O) groups excluding carboxylic acids is 1. The summed E-state index contributed by atoms with van der Waals surface area (Å²) in [6.45, 7) is 2.05. The molecular formula is C23H20FN3O2. The van der Waals surface area contributed by atoms with Gasteiger partial charge in [-0.15, -0.1) is 0 Å². The Balaban J connectivity index is 1.58. The van der Waals surface area contributed by atoms with Gasteiger partial charge >= 0.3 is 0 Å². The summed E-state index contributed by atoms with van der Waals surface area (Å²) >= 11 is 0. The number of hydrogen-bond donors (Lipinski definition) is 2. The molecule has 29 heavy (non-hydrogen) atoms.